The van der Waals surface area contributed by atoms with Crippen LogP contribution in [0.1, 0.15) is 38.5 Å². The predicted octanol–water partition coefficient (Wildman–Crippen LogP) is 3.83. The van der Waals surface area contributed by atoms with Crippen LogP contribution in [0, 0.1) is 0 Å². The average Bonchev–Trinajstić information content (AvgIpc) is 2.81. The Morgan fingerprint density at radius 3 is 3.00 bits per heavy atom. The summed E-state index contributed by atoms with van der Waals surface area (Å²) in [6, 6.07) is 0.415. The highest BCUT2D eigenvalue weighted by Gasteiger charge is 2.13. The Hall–Kier alpha value is -1.11. The number of aliphatic imine (C=N–C) groups is 1. The van der Waals surface area contributed by atoms with E-state index in [0.717, 1.165) is 19.3 Å². The summed E-state index contributed by atoms with van der Waals surface area (Å²) < 4.78 is 0. The van der Waals surface area contributed by atoms with E-state index < -0.39 is 0 Å². The Kier molecular flexibility index (Phi) is 3.54. The molecule has 1 aliphatic carbocycles. The predicted molar refractivity (Wildman–Crippen MR) is 66.3 cm³/mol. The lowest BCUT2D eigenvalue weighted by Crippen LogP contribution is -2.03. The van der Waals surface area contributed by atoms with Gasteiger partial charge in [0.15, 0.2) is 0 Å². The molecule has 1 heterocycles. The van der Waals surface area contributed by atoms with Crippen LogP contribution in [-0.2, 0) is 0 Å². The molecular weight excluding hydrogens is 182 g/mol. The topological polar surface area (TPSA) is 12.4 Å². The SMILES string of the molecule is C=C(CCC1=CCCC=C1)C1CCC=N1. The van der Waals surface area contributed by atoms with E-state index in [2.05, 4.69) is 29.8 Å². The lowest BCUT2D eigenvalue weighted by atomic mass is 9.96. The van der Waals surface area contributed by atoms with Gasteiger partial charge in [0.2, 0.25) is 0 Å². The first kappa shape index (κ1) is 10.4. The molecule has 0 amide bonds. The second-order valence-corrected chi connectivity index (χ2v) is 4.34. The molecule has 0 bridgehead atoms. The highest BCUT2D eigenvalue weighted by Crippen LogP contribution is 2.23. The first-order valence-electron chi connectivity index (χ1n) is 5.91. The lowest BCUT2D eigenvalue weighted by Gasteiger charge is -2.12. The maximum absolute atomic E-state index is 4.44. The largest absolute Gasteiger partial charge is 0.290 e. The molecule has 2 aliphatic rings. The van der Waals surface area contributed by atoms with Gasteiger partial charge in [0.25, 0.3) is 0 Å². The van der Waals surface area contributed by atoms with Crippen LogP contribution >= 0.6 is 0 Å². The quantitative estimate of drug-likeness (QED) is 0.613. The summed E-state index contributed by atoms with van der Waals surface area (Å²) in [4.78, 5) is 4.44. The van der Waals surface area contributed by atoms with Crippen molar-refractivity contribution in [3.05, 3.63) is 36.0 Å². The van der Waals surface area contributed by atoms with Gasteiger partial charge in [-0.1, -0.05) is 36.0 Å². The van der Waals surface area contributed by atoms with Crippen LogP contribution in [0.5, 0.6) is 0 Å². The summed E-state index contributed by atoms with van der Waals surface area (Å²) in [6.07, 6.45) is 15.9. The van der Waals surface area contributed by atoms with Crippen molar-refractivity contribution >= 4 is 6.21 Å². The summed E-state index contributed by atoms with van der Waals surface area (Å²) >= 11 is 0. The van der Waals surface area contributed by atoms with Gasteiger partial charge < -0.3 is 0 Å². The van der Waals surface area contributed by atoms with Gasteiger partial charge in [-0.25, -0.2) is 0 Å². The summed E-state index contributed by atoms with van der Waals surface area (Å²) in [5.74, 6) is 0. The molecule has 0 aromatic rings. The molecule has 1 atom stereocenters. The molecule has 0 saturated heterocycles. The number of hydrogen-bond donors (Lipinski definition) is 0. The number of allylic oxidation sites excluding steroid dienone is 4. The smallest absolute Gasteiger partial charge is 0.0706 e. The minimum atomic E-state index is 0.415. The fourth-order valence-electron chi connectivity index (χ4n) is 2.14. The maximum atomic E-state index is 4.44. The summed E-state index contributed by atoms with van der Waals surface area (Å²) in [6.45, 7) is 4.16. The Morgan fingerprint density at radius 2 is 2.33 bits per heavy atom. The zero-order valence-corrected chi connectivity index (χ0v) is 9.28. The minimum Gasteiger partial charge on any atom is -0.290 e. The number of nitrogens with zero attached hydrogens (tertiary/aromatic N) is 1. The molecule has 2 rings (SSSR count). The molecule has 1 nitrogen and oxygen atoms in total. The minimum absolute atomic E-state index is 0.415. The Morgan fingerprint density at radius 1 is 1.40 bits per heavy atom. The van der Waals surface area contributed by atoms with Gasteiger partial charge in [0, 0.05) is 0 Å². The van der Waals surface area contributed by atoms with Gasteiger partial charge >= 0.3 is 0 Å². The van der Waals surface area contributed by atoms with E-state index in [4.69, 9.17) is 0 Å². The molecule has 1 heteroatoms. The zero-order valence-electron chi connectivity index (χ0n) is 9.28. The third-order valence-electron chi connectivity index (χ3n) is 3.13. The second-order valence-electron chi connectivity index (χ2n) is 4.34. The standard InChI is InChI=1S/C14H19N/c1-12(14-8-5-11-15-14)9-10-13-6-3-2-4-7-13/h3,6-7,11,14H,1-2,4-5,8-10H2. The van der Waals surface area contributed by atoms with Crippen molar-refractivity contribution in [1.29, 1.82) is 0 Å². The monoisotopic (exact) mass is 201 g/mol. The van der Waals surface area contributed by atoms with Crippen molar-refractivity contribution < 1.29 is 0 Å². The first-order chi connectivity index (χ1) is 7.36. The van der Waals surface area contributed by atoms with Crippen LogP contribution < -0.4 is 0 Å². The third-order valence-corrected chi connectivity index (χ3v) is 3.13. The van der Waals surface area contributed by atoms with Crippen molar-refractivity contribution in [1.82, 2.24) is 0 Å². The van der Waals surface area contributed by atoms with Crippen molar-refractivity contribution in [3.63, 3.8) is 0 Å². The van der Waals surface area contributed by atoms with Crippen LogP contribution in [-0.4, -0.2) is 12.3 Å². The highest BCUT2D eigenvalue weighted by atomic mass is 14.8. The van der Waals surface area contributed by atoms with Crippen molar-refractivity contribution in [2.45, 2.75) is 44.6 Å². The van der Waals surface area contributed by atoms with Crippen LogP contribution in [0.4, 0.5) is 0 Å². The summed E-state index contributed by atoms with van der Waals surface area (Å²) in [5, 5.41) is 0. The Bertz CT molecular complexity index is 320. The van der Waals surface area contributed by atoms with Gasteiger partial charge in [0.05, 0.1) is 6.04 Å². The van der Waals surface area contributed by atoms with Crippen molar-refractivity contribution in [3.8, 4) is 0 Å². The Labute approximate surface area is 92.3 Å². The van der Waals surface area contributed by atoms with E-state index in [0.29, 0.717) is 6.04 Å². The van der Waals surface area contributed by atoms with Crippen LogP contribution in [0.2, 0.25) is 0 Å². The van der Waals surface area contributed by atoms with Gasteiger partial charge in [-0.2, -0.15) is 0 Å². The molecular formula is C14H19N. The molecule has 0 aromatic carbocycles. The molecule has 0 N–H and O–H groups in total. The van der Waals surface area contributed by atoms with Crippen LogP contribution in [0.15, 0.2) is 40.9 Å². The summed E-state index contributed by atoms with van der Waals surface area (Å²) in [5.41, 5.74) is 2.79. The van der Waals surface area contributed by atoms with E-state index in [1.807, 2.05) is 6.21 Å². The van der Waals surface area contributed by atoms with E-state index in [1.165, 1.54) is 30.4 Å². The van der Waals surface area contributed by atoms with E-state index in [-0.39, 0.29) is 0 Å². The van der Waals surface area contributed by atoms with Gasteiger partial charge in [-0.05, 0) is 44.7 Å². The second kappa shape index (κ2) is 5.11. The van der Waals surface area contributed by atoms with E-state index in [1.54, 1.807) is 0 Å². The summed E-state index contributed by atoms with van der Waals surface area (Å²) in [7, 11) is 0. The molecule has 15 heavy (non-hydrogen) atoms. The highest BCUT2D eigenvalue weighted by molar-refractivity contribution is 5.60. The van der Waals surface area contributed by atoms with Crippen LogP contribution in [0.3, 0.4) is 0 Å². The fraction of sp³-hybridized carbons (Fsp3) is 0.500. The molecule has 0 aromatic heterocycles. The van der Waals surface area contributed by atoms with Gasteiger partial charge in [-0.3, -0.25) is 4.99 Å². The van der Waals surface area contributed by atoms with Crippen molar-refractivity contribution in [2.24, 2.45) is 4.99 Å². The molecule has 80 valence electrons. The third kappa shape index (κ3) is 2.92. The molecule has 1 aliphatic heterocycles. The van der Waals surface area contributed by atoms with E-state index in [9.17, 15) is 0 Å². The first-order valence-corrected chi connectivity index (χ1v) is 5.91. The van der Waals surface area contributed by atoms with Crippen molar-refractivity contribution in [2.75, 3.05) is 0 Å². The number of rotatable bonds is 4. The van der Waals surface area contributed by atoms with Gasteiger partial charge in [0.1, 0.15) is 0 Å². The molecule has 1 unspecified atom stereocenters. The maximum Gasteiger partial charge on any atom is 0.0706 e. The van der Waals surface area contributed by atoms with Crippen LogP contribution in [0.25, 0.3) is 0 Å². The normalized spacial score (nSPS) is 24.3. The van der Waals surface area contributed by atoms with E-state index >= 15 is 0 Å². The Balaban J connectivity index is 1.77. The molecule has 0 radical (unpaired) electrons. The molecule has 0 spiro atoms. The van der Waals surface area contributed by atoms with Gasteiger partial charge in [-0.15, -0.1) is 0 Å². The average molecular weight is 201 g/mol. The lowest BCUT2D eigenvalue weighted by molar-refractivity contribution is 0.719. The molecule has 0 saturated carbocycles. The molecule has 0 fully saturated rings. The zero-order chi connectivity index (χ0) is 10.5. The fourth-order valence-corrected chi connectivity index (χ4v) is 2.14. The number of hydrogen-bond acceptors (Lipinski definition) is 1.